The summed E-state index contributed by atoms with van der Waals surface area (Å²) in [5.74, 6) is -0.0336. The number of fused-ring (bicyclic) bond motifs is 3. The zero-order valence-electron chi connectivity index (χ0n) is 17.3. The molecule has 2 aromatic heterocycles. The fourth-order valence-electron chi connectivity index (χ4n) is 5.73. The molecule has 2 aromatic rings. The van der Waals surface area contributed by atoms with Crippen LogP contribution in [0.1, 0.15) is 81.6 Å². The van der Waals surface area contributed by atoms with Crippen molar-refractivity contribution in [2.45, 2.75) is 95.3 Å². The summed E-state index contributed by atoms with van der Waals surface area (Å²) >= 11 is 0. The van der Waals surface area contributed by atoms with Crippen LogP contribution in [0.15, 0.2) is 22.8 Å². The maximum absolute atomic E-state index is 13.7. The topological polar surface area (TPSA) is 67.5 Å². The first-order chi connectivity index (χ1) is 14.1. The maximum atomic E-state index is 13.7. The molecule has 3 heterocycles. The molecule has 2 aliphatic carbocycles. The smallest absolute Gasteiger partial charge is 0.271 e. The number of hydrogen-bond acceptors (Lipinski definition) is 3. The second-order valence-electron chi connectivity index (χ2n) is 9.34. The lowest BCUT2D eigenvalue weighted by Gasteiger charge is -2.47. The highest BCUT2D eigenvalue weighted by Crippen LogP contribution is 2.38. The minimum Gasteiger partial charge on any atom is -0.463 e. The van der Waals surface area contributed by atoms with Crippen LogP contribution in [0.2, 0.25) is 0 Å². The van der Waals surface area contributed by atoms with E-state index in [9.17, 15) is 9.59 Å². The monoisotopic (exact) mass is 397 g/mol. The van der Waals surface area contributed by atoms with E-state index in [2.05, 4.69) is 5.32 Å². The summed E-state index contributed by atoms with van der Waals surface area (Å²) in [6, 6.07) is 4.09. The zero-order valence-corrected chi connectivity index (χ0v) is 17.3. The molecule has 6 nitrogen and oxygen atoms in total. The summed E-state index contributed by atoms with van der Waals surface area (Å²) < 4.78 is 7.54. The van der Waals surface area contributed by atoms with Crippen LogP contribution in [-0.4, -0.2) is 38.9 Å². The molecule has 156 valence electrons. The number of nitrogens with one attached hydrogen (secondary N) is 1. The Balaban J connectivity index is 1.51. The van der Waals surface area contributed by atoms with Gasteiger partial charge in [0.1, 0.15) is 11.2 Å². The highest BCUT2D eigenvalue weighted by atomic mass is 16.3. The van der Waals surface area contributed by atoms with Gasteiger partial charge in [-0.3, -0.25) is 9.59 Å². The van der Waals surface area contributed by atoms with Crippen molar-refractivity contribution in [3.63, 3.8) is 0 Å². The Morgan fingerprint density at radius 3 is 2.52 bits per heavy atom. The number of hydrogen-bond donors (Lipinski definition) is 1. The van der Waals surface area contributed by atoms with E-state index in [-0.39, 0.29) is 23.9 Å². The van der Waals surface area contributed by atoms with Gasteiger partial charge in [-0.2, -0.15) is 0 Å². The molecule has 2 saturated carbocycles. The number of carbonyl (C=O) groups excluding carboxylic acids is 2. The molecule has 1 aliphatic heterocycles. The Bertz CT molecular complexity index is 915. The molecule has 2 fully saturated rings. The first-order valence-electron chi connectivity index (χ1n) is 11.3. The van der Waals surface area contributed by atoms with Gasteiger partial charge in [-0.1, -0.05) is 38.5 Å². The van der Waals surface area contributed by atoms with Gasteiger partial charge in [-0.05, 0) is 32.6 Å². The normalized spacial score (nSPS) is 26.7. The van der Waals surface area contributed by atoms with Crippen LogP contribution in [-0.2, 0) is 11.3 Å². The summed E-state index contributed by atoms with van der Waals surface area (Å²) in [5.41, 5.74) is 1.38. The molecule has 0 bridgehead atoms. The van der Waals surface area contributed by atoms with Gasteiger partial charge in [-0.15, -0.1) is 0 Å². The summed E-state index contributed by atoms with van der Waals surface area (Å²) in [4.78, 5) is 29.2. The fourth-order valence-corrected chi connectivity index (χ4v) is 5.73. The second kappa shape index (κ2) is 7.22. The summed E-state index contributed by atoms with van der Waals surface area (Å²) in [5, 5.41) is 3.34. The molecule has 1 N–H and O–H groups in total. The van der Waals surface area contributed by atoms with E-state index in [1.807, 2.05) is 28.5 Å². The van der Waals surface area contributed by atoms with Gasteiger partial charge in [0, 0.05) is 24.2 Å². The van der Waals surface area contributed by atoms with Crippen molar-refractivity contribution in [3.05, 3.63) is 24.1 Å². The van der Waals surface area contributed by atoms with Gasteiger partial charge >= 0.3 is 0 Å². The highest BCUT2D eigenvalue weighted by Gasteiger charge is 2.51. The molecule has 29 heavy (non-hydrogen) atoms. The molecule has 0 radical (unpaired) electrons. The Morgan fingerprint density at radius 2 is 1.79 bits per heavy atom. The van der Waals surface area contributed by atoms with Crippen LogP contribution >= 0.6 is 0 Å². The van der Waals surface area contributed by atoms with Crippen LogP contribution in [0.5, 0.6) is 0 Å². The number of furan rings is 1. The van der Waals surface area contributed by atoms with Crippen LogP contribution in [0.3, 0.4) is 0 Å². The van der Waals surface area contributed by atoms with Gasteiger partial charge in [-0.25, -0.2) is 0 Å². The Hall–Kier alpha value is -2.24. The van der Waals surface area contributed by atoms with Gasteiger partial charge in [0.2, 0.25) is 5.91 Å². The van der Waals surface area contributed by atoms with Gasteiger partial charge in [0.05, 0.1) is 18.3 Å². The lowest BCUT2D eigenvalue weighted by atomic mass is 9.91. The zero-order chi connectivity index (χ0) is 20.0. The van der Waals surface area contributed by atoms with E-state index in [4.69, 9.17) is 4.42 Å². The lowest BCUT2D eigenvalue weighted by molar-refractivity contribution is -0.135. The summed E-state index contributed by atoms with van der Waals surface area (Å²) in [6.07, 6.45) is 12.8. The minimum absolute atomic E-state index is 0.000597. The minimum atomic E-state index is -0.880. The van der Waals surface area contributed by atoms with E-state index < -0.39 is 5.54 Å². The van der Waals surface area contributed by atoms with Crippen molar-refractivity contribution in [2.24, 2.45) is 0 Å². The Morgan fingerprint density at radius 1 is 1.10 bits per heavy atom. The van der Waals surface area contributed by atoms with Crippen molar-refractivity contribution in [1.29, 1.82) is 0 Å². The fraction of sp³-hybridized carbons (Fsp3) is 0.652. The van der Waals surface area contributed by atoms with E-state index in [1.165, 1.54) is 25.7 Å². The number of amides is 2. The highest BCUT2D eigenvalue weighted by molar-refractivity contribution is 6.03. The van der Waals surface area contributed by atoms with Crippen molar-refractivity contribution in [1.82, 2.24) is 14.8 Å². The number of carbonyl (C=O) groups is 2. The van der Waals surface area contributed by atoms with E-state index in [0.717, 1.165) is 44.0 Å². The predicted octanol–water partition coefficient (Wildman–Crippen LogP) is 4.23. The first kappa shape index (κ1) is 18.8. The maximum Gasteiger partial charge on any atom is 0.271 e. The molecule has 1 atom stereocenters. The van der Waals surface area contributed by atoms with Crippen molar-refractivity contribution >= 4 is 22.9 Å². The van der Waals surface area contributed by atoms with Crippen molar-refractivity contribution in [2.75, 3.05) is 0 Å². The van der Waals surface area contributed by atoms with Crippen molar-refractivity contribution in [3.8, 4) is 0 Å². The third kappa shape index (κ3) is 3.08. The molecule has 2 amide bonds. The predicted molar refractivity (Wildman–Crippen MR) is 111 cm³/mol. The summed E-state index contributed by atoms with van der Waals surface area (Å²) in [7, 11) is 0. The van der Waals surface area contributed by atoms with Crippen LogP contribution in [0.4, 0.5) is 0 Å². The third-order valence-corrected chi connectivity index (χ3v) is 7.33. The molecule has 0 aromatic carbocycles. The quantitative estimate of drug-likeness (QED) is 0.788. The standard InChI is InChI=1S/C23H31N3O3/c1-23(22(28)24-16-8-4-2-3-5-9-16)15-25-18-12-13-29-20(18)14-19(25)21(27)26(23)17-10-6-7-11-17/h12-14,16-17H,2-11,15H2,1H3,(H,24,28)/t23-/m0/s1. The van der Waals surface area contributed by atoms with Crippen molar-refractivity contribution < 1.29 is 14.0 Å². The van der Waals surface area contributed by atoms with Gasteiger partial charge in [0.25, 0.3) is 5.91 Å². The molecule has 0 spiro atoms. The molecule has 6 heteroatoms. The van der Waals surface area contributed by atoms with Gasteiger partial charge < -0.3 is 19.2 Å². The number of aromatic nitrogens is 1. The van der Waals surface area contributed by atoms with Crippen LogP contribution in [0, 0.1) is 0 Å². The molecule has 0 unspecified atom stereocenters. The van der Waals surface area contributed by atoms with Crippen LogP contribution < -0.4 is 5.32 Å². The molecular formula is C23H31N3O3. The lowest BCUT2D eigenvalue weighted by Crippen LogP contribution is -2.67. The first-order valence-corrected chi connectivity index (χ1v) is 11.3. The largest absolute Gasteiger partial charge is 0.463 e. The average molecular weight is 398 g/mol. The second-order valence-corrected chi connectivity index (χ2v) is 9.34. The van der Waals surface area contributed by atoms with Crippen LogP contribution in [0.25, 0.3) is 11.1 Å². The van der Waals surface area contributed by atoms with E-state index in [0.29, 0.717) is 17.8 Å². The van der Waals surface area contributed by atoms with E-state index >= 15 is 0 Å². The number of rotatable bonds is 3. The number of nitrogens with zero attached hydrogens (tertiary/aromatic N) is 2. The van der Waals surface area contributed by atoms with Gasteiger partial charge in [0.15, 0.2) is 5.58 Å². The molecular weight excluding hydrogens is 366 g/mol. The molecule has 5 rings (SSSR count). The van der Waals surface area contributed by atoms with E-state index in [1.54, 1.807) is 6.26 Å². The Labute approximate surface area is 171 Å². The molecule has 0 saturated heterocycles. The summed E-state index contributed by atoms with van der Waals surface area (Å²) in [6.45, 7) is 2.44. The SMILES string of the molecule is C[C@@]1(C(=O)NC2CCCCCC2)Cn2c(cc3occc32)C(=O)N1C1CCCC1. The molecule has 3 aliphatic rings. The third-order valence-electron chi connectivity index (χ3n) is 7.33. The average Bonchev–Trinajstić information content (AvgIpc) is 3.39. The Kier molecular flexibility index (Phi) is 4.67.